The maximum Gasteiger partial charge on any atom is 0.340 e. The van der Waals surface area contributed by atoms with Crippen LogP contribution < -0.4 is 0 Å². The number of thiazole rings is 1. The molecule has 98 valence electrons. The van der Waals surface area contributed by atoms with Crippen LogP contribution in [0.15, 0.2) is 29.6 Å². The number of aromatic hydroxyl groups is 1. The van der Waals surface area contributed by atoms with E-state index in [1.165, 1.54) is 18.4 Å². The van der Waals surface area contributed by atoms with Gasteiger partial charge in [0.2, 0.25) is 0 Å². The fourth-order valence-electron chi connectivity index (χ4n) is 1.58. The van der Waals surface area contributed by atoms with E-state index in [-0.39, 0.29) is 5.75 Å². The number of esters is 1. The maximum absolute atomic E-state index is 11.8. The van der Waals surface area contributed by atoms with Crippen LogP contribution in [0.4, 0.5) is 0 Å². The van der Waals surface area contributed by atoms with E-state index in [4.69, 9.17) is 4.74 Å². The number of phenolic OH excluding ortho intramolecular Hbond substituents is 1. The zero-order chi connectivity index (χ0) is 13.8. The Balaban J connectivity index is 2.46. The Morgan fingerprint density at radius 1 is 1.47 bits per heavy atom. The predicted molar refractivity (Wildman–Crippen MR) is 74.8 cm³/mol. The Bertz CT molecular complexity index is 631. The molecule has 0 aliphatic heterocycles. The van der Waals surface area contributed by atoms with Crippen molar-refractivity contribution >= 4 is 29.0 Å². The van der Waals surface area contributed by atoms with Crippen LogP contribution >= 0.6 is 11.3 Å². The maximum atomic E-state index is 11.8. The minimum absolute atomic E-state index is 0.147. The van der Waals surface area contributed by atoms with Crippen LogP contribution in [0, 0.1) is 6.92 Å². The van der Waals surface area contributed by atoms with Crippen molar-refractivity contribution in [3.8, 4) is 5.75 Å². The smallest absolute Gasteiger partial charge is 0.340 e. The lowest BCUT2D eigenvalue weighted by atomic mass is 10.1. The number of carbonyl (C=O) groups excluding carboxylic acids is 1. The molecule has 0 radical (unpaired) electrons. The molecule has 0 spiro atoms. The second-order valence-corrected chi connectivity index (χ2v) is 4.80. The van der Waals surface area contributed by atoms with Gasteiger partial charge in [0, 0.05) is 11.1 Å². The number of ether oxygens (including phenoxy) is 1. The SMILES string of the molecule is COC(=O)/C(=C\c1cccc(O)c1)c1nc(C)cs1. The highest BCUT2D eigenvalue weighted by Crippen LogP contribution is 2.24. The summed E-state index contributed by atoms with van der Waals surface area (Å²) in [7, 11) is 1.33. The van der Waals surface area contributed by atoms with Crippen LogP contribution in [0.5, 0.6) is 5.75 Å². The van der Waals surface area contributed by atoms with Gasteiger partial charge in [0.1, 0.15) is 10.8 Å². The van der Waals surface area contributed by atoms with Gasteiger partial charge in [-0.25, -0.2) is 9.78 Å². The van der Waals surface area contributed by atoms with Gasteiger partial charge < -0.3 is 9.84 Å². The Morgan fingerprint density at radius 2 is 2.26 bits per heavy atom. The Labute approximate surface area is 115 Å². The van der Waals surface area contributed by atoms with Crippen LogP contribution in [0.1, 0.15) is 16.3 Å². The zero-order valence-corrected chi connectivity index (χ0v) is 11.4. The van der Waals surface area contributed by atoms with Gasteiger partial charge in [0.15, 0.2) is 0 Å². The molecule has 1 heterocycles. The molecule has 0 saturated heterocycles. The molecule has 2 rings (SSSR count). The fourth-order valence-corrected chi connectivity index (χ4v) is 2.38. The van der Waals surface area contributed by atoms with Crippen LogP contribution in [0.25, 0.3) is 11.6 Å². The molecule has 1 aromatic heterocycles. The van der Waals surface area contributed by atoms with E-state index in [1.807, 2.05) is 12.3 Å². The summed E-state index contributed by atoms with van der Waals surface area (Å²) in [6.45, 7) is 1.86. The molecular formula is C14H13NO3S. The molecule has 0 fully saturated rings. The molecule has 5 heteroatoms. The summed E-state index contributed by atoms with van der Waals surface area (Å²) in [4.78, 5) is 16.1. The first-order valence-electron chi connectivity index (χ1n) is 5.61. The third-order valence-corrected chi connectivity index (χ3v) is 3.43. The van der Waals surface area contributed by atoms with Crippen molar-refractivity contribution in [3.05, 3.63) is 45.9 Å². The highest BCUT2D eigenvalue weighted by atomic mass is 32.1. The van der Waals surface area contributed by atoms with Gasteiger partial charge in [0.05, 0.1) is 12.7 Å². The van der Waals surface area contributed by atoms with Gasteiger partial charge in [-0.2, -0.15) is 0 Å². The number of hydrogen-bond acceptors (Lipinski definition) is 5. The number of benzene rings is 1. The van der Waals surface area contributed by atoms with Gasteiger partial charge >= 0.3 is 5.97 Å². The van der Waals surface area contributed by atoms with Gasteiger partial charge in [-0.15, -0.1) is 11.3 Å². The molecule has 0 atom stereocenters. The van der Waals surface area contributed by atoms with E-state index >= 15 is 0 Å². The van der Waals surface area contributed by atoms with E-state index in [0.29, 0.717) is 16.1 Å². The number of rotatable bonds is 3. The number of phenols is 1. The second kappa shape index (κ2) is 5.67. The van der Waals surface area contributed by atoms with Crippen molar-refractivity contribution < 1.29 is 14.6 Å². The quantitative estimate of drug-likeness (QED) is 0.691. The van der Waals surface area contributed by atoms with Crippen LogP contribution in [0.3, 0.4) is 0 Å². The molecule has 1 N–H and O–H groups in total. The highest BCUT2D eigenvalue weighted by molar-refractivity contribution is 7.11. The monoisotopic (exact) mass is 275 g/mol. The summed E-state index contributed by atoms with van der Waals surface area (Å²) < 4.78 is 4.78. The van der Waals surface area contributed by atoms with Gasteiger partial charge in [-0.1, -0.05) is 12.1 Å². The molecule has 2 aromatic rings. The summed E-state index contributed by atoms with van der Waals surface area (Å²) in [5.41, 5.74) is 1.95. The Kier molecular flexibility index (Phi) is 3.97. The molecule has 0 aliphatic carbocycles. The average Bonchev–Trinajstić information content (AvgIpc) is 2.81. The second-order valence-electron chi connectivity index (χ2n) is 3.94. The fraction of sp³-hybridized carbons (Fsp3) is 0.143. The van der Waals surface area contributed by atoms with Crippen LogP contribution in [0.2, 0.25) is 0 Å². The van der Waals surface area contributed by atoms with Crippen LogP contribution in [-0.2, 0) is 9.53 Å². The molecule has 0 amide bonds. The summed E-state index contributed by atoms with van der Waals surface area (Å²) in [6, 6.07) is 6.65. The zero-order valence-electron chi connectivity index (χ0n) is 10.6. The number of hydrogen-bond donors (Lipinski definition) is 1. The van der Waals surface area contributed by atoms with Gasteiger partial charge in [-0.3, -0.25) is 0 Å². The predicted octanol–water partition coefficient (Wildman–Crippen LogP) is 2.87. The first kappa shape index (κ1) is 13.3. The first-order valence-corrected chi connectivity index (χ1v) is 6.49. The first-order chi connectivity index (χ1) is 9.10. The van der Waals surface area contributed by atoms with Crippen molar-refractivity contribution in [2.24, 2.45) is 0 Å². The molecular weight excluding hydrogens is 262 g/mol. The van der Waals surface area contributed by atoms with E-state index in [1.54, 1.807) is 30.3 Å². The summed E-state index contributed by atoms with van der Waals surface area (Å²) in [6.07, 6.45) is 1.66. The third-order valence-electron chi connectivity index (χ3n) is 2.44. The molecule has 0 saturated carbocycles. The molecule has 1 aromatic carbocycles. The third kappa shape index (κ3) is 3.20. The topological polar surface area (TPSA) is 59.4 Å². The average molecular weight is 275 g/mol. The van der Waals surface area contributed by atoms with E-state index in [0.717, 1.165) is 5.69 Å². The van der Waals surface area contributed by atoms with E-state index in [2.05, 4.69) is 4.98 Å². The standard InChI is InChI=1S/C14H13NO3S/c1-9-8-19-13(15-9)12(14(17)18-2)7-10-4-3-5-11(16)6-10/h3-8,16H,1-2H3/b12-7-. The van der Waals surface area contributed by atoms with Crippen LogP contribution in [-0.4, -0.2) is 23.2 Å². The minimum atomic E-state index is -0.447. The number of carbonyl (C=O) groups is 1. The van der Waals surface area contributed by atoms with Crippen molar-refractivity contribution in [3.63, 3.8) is 0 Å². The Morgan fingerprint density at radius 3 is 2.84 bits per heavy atom. The number of nitrogens with zero attached hydrogens (tertiary/aromatic N) is 1. The normalized spacial score (nSPS) is 11.4. The van der Waals surface area contributed by atoms with E-state index < -0.39 is 5.97 Å². The largest absolute Gasteiger partial charge is 0.508 e. The van der Waals surface area contributed by atoms with Crippen molar-refractivity contribution in [1.29, 1.82) is 0 Å². The number of aryl methyl sites for hydroxylation is 1. The molecule has 19 heavy (non-hydrogen) atoms. The van der Waals surface area contributed by atoms with Crippen molar-refractivity contribution in [1.82, 2.24) is 4.98 Å². The van der Waals surface area contributed by atoms with Crippen molar-refractivity contribution in [2.45, 2.75) is 6.92 Å². The molecule has 0 bridgehead atoms. The molecule has 4 nitrogen and oxygen atoms in total. The van der Waals surface area contributed by atoms with E-state index in [9.17, 15) is 9.90 Å². The highest BCUT2D eigenvalue weighted by Gasteiger charge is 2.15. The minimum Gasteiger partial charge on any atom is -0.508 e. The summed E-state index contributed by atoms with van der Waals surface area (Å²) >= 11 is 1.38. The lowest BCUT2D eigenvalue weighted by molar-refractivity contribution is -0.133. The summed E-state index contributed by atoms with van der Waals surface area (Å²) in [5.74, 6) is -0.300. The van der Waals surface area contributed by atoms with Gasteiger partial charge in [-0.05, 0) is 30.7 Å². The van der Waals surface area contributed by atoms with Gasteiger partial charge in [0.25, 0.3) is 0 Å². The lowest BCUT2D eigenvalue weighted by Crippen LogP contribution is -2.03. The molecule has 0 unspecified atom stereocenters. The summed E-state index contributed by atoms with van der Waals surface area (Å²) in [5, 5.41) is 11.9. The number of methoxy groups -OCH3 is 1. The number of aromatic nitrogens is 1. The molecule has 0 aliphatic rings. The van der Waals surface area contributed by atoms with Crippen molar-refractivity contribution in [2.75, 3.05) is 7.11 Å². The Hall–Kier alpha value is -2.14. The lowest BCUT2D eigenvalue weighted by Gasteiger charge is -2.03.